The van der Waals surface area contributed by atoms with Crippen molar-refractivity contribution in [3.63, 3.8) is 0 Å². The van der Waals surface area contributed by atoms with Gasteiger partial charge in [0.05, 0.1) is 6.61 Å². The van der Waals surface area contributed by atoms with Crippen molar-refractivity contribution >= 4 is 18.1 Å². The first kappa shape index (κ1) is 23.2. The number of aromatic nitrogens is 3. The van der Waals surface area contributed by atoms with Gasteiger partial charge < -0.3 is 9.64 Å². The molecule has 0 bridgehead atoms. The molecule has 0 aliphatic carbocycles. The van der Waals surface area contributed by atoms with Crippen molar-refractivity contribution in [2.75, 3.05) is 19.7 Å². The van der Waals surface area contributed by atoms with Crippen LogP contribution in [0.1, 0.15) is 38.2 Å². The van der Waals surface area contributed by atoms with E-state index in [-0.39, 0.29) is 5.91 Å². The van der Waals surface area contributed by atoms with Crippen LogP contribution in [0, 0.1) is 10.7 Å². The third kappa shape index (κ3) is 6.11. The summed E-state index contributed by atoms with van der Waals surface area (Å²) in [4.78, 5) is 14.9. The minimum atomic E-state index is 0.192. The number of carbonyl (C=O) groups is 1. The topological polar surface area (TPSA) is 63.1 Å². The van der Waals surface area contributed by atoms with E-state index >= 15 is 0 Å². The first-order valence-corrected chi connectivity index (χ1v) is 12.2. The average Bonchev–Trinajstić information content (AvgIpc) is 3.23. The Bertz CT molecular complexity index is 1080. The molecule has 1 aliphatic heterocycles. The van der Waals surface area contributed by atoms with Crippen molar-refractivity contribution < 1.29 is 9.53 Å². The van der Waals surface area contributed by atoms with Crippen LogP contribution in [0.2, 0.25) is 0 Å². The third-order valence-electron chi connectivity index (χ3n) is 6.38. The number of hydrogen-bond acceptors (Lipinski definition) is 4. The fraction of sp³-hybridized carbons (Fsp3) is 0.423. The van der Waals surface area contributed by atoms with Crippen molar-refractivity contribution in [3.8, 4) is 17.1 Å². The van der Waals surface area contributed by atoms with Crippen molar-refractivity contribution in [1.29, 1.82) is 0 Å². The van der Waals surface area contributed by atoms with E-state index in [2.05, 4.69) is 40.5 Å². The lowest BCUT2D eigenvalue weighted by Gasteiger charge is -2.32. The summed E-state index contributed by atoms with van der Waals surface area (Å²) in [6.07, 6.45) is 4.91. The van der Waals surface area contributed by atoms with Crippen LogP contribution in [0.4, 0.5) is 0 Å². The summed E-state index contributed by atoms with van der Waals surface area (Å²) in [5.41, 5.74) is 2.34. The molecule has 33 heavy (non-hydrogen) atoms. The summed E-state index contributed by atoms with van der Waals surface area (Å²) in [5, 5.41) is 7.26. The van der Waals surface area contributed by atoms with Crippen molar-refractivity contribution in [3.05, 3.63) is 64.9 Å². The van der Waals surface area contributed by atoms with Crippen LogP contribution in [0.5, 0.6) is 5.75 Å². The van der Waals surface area contributed by atoms with Gasteiger partial charge in [0.1, 0.15) is 5.75 Å². The van der Waals surface area contributed by atoms with Gasteiger partial charge in [0.2, 0.25) is 5.91 Å². The quantitative estimate of drug-likeness (QED) is 0.438. The number of carbonyl (C=O) groups excluding carboxylic acids is 1. The van der Waals surface area contributed by atoms with E-state index in [1.165, 1.54) is 12.0 Å². The second-order valence-electron chi connectivity index (χ2n) is 8.56. The number of H-pyrrole nitrogens is 1. The van der Waals surface area contributed by atoms with Crippen molar-refractivity contribution in [1.82, 2.24) is 19.7 Å². The number of nitrogens with one attached hydrogen (secondary N) is 1. The standard InChI is InChI=1S/C26H32N4O2S/c1-2-32-23-12-10-22(11-13-23)25-27-28-26(33)30(25)19-16-24(31)29-17-14-21(15-18-29)9-8-20-6-4-3-5-7-20/h3-7,10-13,21H,2,8-9,14-19H2,1H3,(H,28,33). The maximum absolute atomic E-state index is 12.9. The zero-order chi connectivity index (χ0) is 23.0. The van der Waals surface area contributed by atoms with Gasteiger partial charge in [-0.2, -0.15) is 5.10 Å². The monoisotopic (exact) mass is 464 g/mol. The molecular formula is C26H32N4O2S. The smallest absolute Gasteiger partial charge is 0.224 e. The molecular weight excluding hydrogens is 432 g/mol. The van der Waals surface area contributed by atoms with Gasteiger partial charge in [0.15, 0.2) is 10.6 Å². The van der Waals surface area contributed by atoms with Crippen molar-refractivity contribution in [2.45, 2.75) is 45.6 Å². The second kappa shape index (κ2) is 11.3. The Balaban J connectivity index is 1.28. The van der Waals surface area contributed by atoms with Gasteiger partial charge in [-0.3, -0.25) is 14.5 Å². The number of amides is 1. The first-order chi connectivity index (χ1) is 16.1. The summed E-state index contributed by atoms with van der Waals surface area (Å²) < 4.78 is 7.96. The molecule has 0 radical (unpaired) electrons. The highest BCUT2D eigenvalue weighted by Gasteiger charge is 2.23. The summed E-state index contributed by atoms with van der Waals surface area (Å²) in [6.45, 7) is 4.81. The highest BCUT2D eigenvalue weighted by atomic mass is 32.1. The van der Waals surface area contributed by atoms with E-state index in [1.54, 1.807) is 0 Å². The summed E-state index contributed by atoms with van der Waals surface area (Å²) in [6, 6.07) is 18.4. The van der Waals surface area contributed by atoms with E-state index in [4.69, 9.17) is 17.0 Å². The van der Waals surface area contributed by atoms with Crippen molar-refractivity contribution in [2.24, 2.45) is 5.92 Å². The summed E-state index contributed by atoms with van der Waals surface area (Å²) >= 11 is 5.43. The number of aryl methyl sites for hydroxylation is 1. The zero-order valence-corrected chi connectivity index (χ0v) is 20.0. The molecule has 1 fully saturated rings. The minimum absolute atomic E-state index is 0.192. The van der Waals surface area contributed by atoms with Crippen LogP contribution < -0.4 is 4.74 Å². The number of benzene rings is 2. The van der Waals surface area contributed by atoms with Gasteiger partial charge in [0.25, 0.3) is 0 Å². The Morgan fingerprint density at radius 3 is 2.55 bits per heavy atom. The Hall–Kier alpha value is -2.93. The van der Waals surface area contributed by atoms with Crippen LogP contribution in [0.25, 0.3) is 11.4 Å². The average molecular weight is 465 g/mol. The number of rotatable bonds is 9. The molecule has 0 spiro atoms. The van der Waals surface area contributed by atoms with E-state index < -0.39 is 0 Å². The normalized spacial score (nSPS) is 14.4. The van der Waals surface area contributed by atoms with Gasteiger partial charge in [-0.25, -0.2) is 0 Å². The van der Waals surface area contributed by atoms with Gasteiger partial charge in [0, 0.05) is 31.6 Å². The molecule has 1 N–H and O–H groups in total. The van der Waals surface area contributed by atoms with Crippen LogP contribution in [-0.2, 0) is 17.8 Å². The Labute approximate surface area is 200 Å². The fourth-order valence-corrected chi connectivity index (χ4v) is 4.69. The van der Waals surface area contributed by atoms with Crippen LogP contribution in [-0.4, -0.2) is 45.3 Å². The zero-order valence-electron chi connectivity index (χ0n) is 19.2. The summed E-state index contributed by atoms with van der Waals surface area (Å²) in [5.74, 6) is 2.46. The fourth-order valence-electron chi connectivity index (χ4n) is 4.46. The molecule has 1 amide bonds. The molecule has 0 saturated carbocycles. The van der Waals surface area contributed by atoms with Gasteiger partial charge in [-0.05, 0) is 80.6 Å². The SMILES string of the molecule is CCOc1ccc(-c2n[nH]c(=S)n2CCC(=O)N2CCC(CCc3ccccc3)CC2)cc1. The molecule has 7 heteroatoms. The van der Waals surface area contributed by atoms with Gasteiger partial charge >= 0.3 is 0 Å². The molecule has 2 aromatic carbocycles. The third-order valence-corrected chi connectivity index (χ3v) is 6.69. The number of aromatic amines is 1. The molecule has 3 aromatic rings. The molecule has 2 heterocycles. The molecule has 174 valence electrons. The predicted molar refractivity (Wildman–Crippen MR) is 133 cm³/mol. The van der Waals surface area contributed by atoms with Crippen LogP contribution in [0.3, 0.4) is 0 Å². The van der Waals surface area contributed by atoms with E-state index in [0.717, 1.165) is 49.5 Å². The molecule has 0 atom stereocenters. The lowest BCUT2D eigenvalue weighted by molar-refractivity contribution is -0.132. The largest absolute Gasteiger partial charge is 0.494 e. The lowest BCUT2D eigenvalue weighted by Crippen LogP contribution is -2.38. The van der Waals surface area contributed by atoms with E-state index in [9.17, 15) is 4.79 Å². The molecule has 6 nitrogen and oxygen atoms in total. The minimum Gasteiger partial charge on any atom is -0.494 e. The van der Waals surface area contributed by atoms with Gasteiger partial charge in [-0.1, -0.05) is 30.3 Å². The van der Waals surface area contributed by atoms with Gasteiger partial charge in [-0.15, -0.1) is 0 Å². The van der Waals surface area contributed by atoms with E-state index in [1.807, 2.05) is 40.7 Å². The highest BCUT2D eigenvalue weighted by Crippen LogP contribution is 2.24. The first-order valence-electron chi connectivity index (χ1n) is 11.8. The molecule has 0 unspecified atom stereocenters. The molecule has 1 saturated heterocycles. The second-order valence-corrected chi connectivity index (χ2v) is 8.95. The number of hydrogen-bond donors (Lipinski definition) is 1. The summed E-state index contributed by atoms with van der Waals surface area (Å²) in [7, 11) is 0. The molecule has 4 rings (SSSR count). The Kier molecular flexibility index (Phi) is 7.94. The number of piperidine rings is 1. The maximum atomic E-state index is 12.9. The maximum Gasteiger partial charge on any atom is 0.224 e. The molecule has 1 aliphatic rings. The molecule has 1 aromatic heterocycles. The van der Waals surface area contributed by atoms with Crippen LogP contribution in [0.15, 0.2) is 54.6 Å². The number of nitrogens with zero attached hydrogens (tertiary/aromatic N) is 3. The lowest BCUT2D eigenvalue weighted by atomic mass is 9.90. The van der Waals surface area contributed by atoms with Crippen LogP contribution >= 0.6 is 12.2 Å². The highest BCUT2D eigenvalue weighted by molar-refractivity contribution is 7.71. The van der Waals surface area contributed by atoms with E-state index in [0.29, 0.717) is 30.3 Å². The number of ether oxygens (including phenoxy) is 1. The number of likely N-dealkylation sites (tertiary alicyclic amines) is 1. The predicted octanol–water partition coefficient (Wildman–Crippen LogP) is 5.27. The Morgan fingerprint density at radius 2 is 1.85 bits per heavy atom. The Morgan fingerprint density at radius 1 is 1.12 bits per heavy atom.